The number of fused-ring (bicyclic) bond motifs is 1. The summed E-state index contributed by atoms with van der Waals surface area (Å²) in [6.45, 7) is 0.175. The minimum atomic E-state index is -3.82. The first-order chi connectivity index (χ1) is 16.4. The molecular weight excluding hydrogens is 520 g/mol. The quantitative estimate of drug-likeness (QED) is 0.416. The van der Waals surface area contributed by atoms with E-state index in [1.165, 1.54) is 17.5 Å². The summed E-state index contributed by atoms with van der Waals surface area (Å²) in [5, 5.41) is 9.12. The van der Waals surface area contributed by atoms with Crippen molar-refractivity contribution in [2.45, 2.75) is 49.5 Å². The Kier molecular flexibility index (Phi) is 7.67. The average molecular weight is 547 g/mol. The van der Waals surface area contributed by atoms with Crippen LogP contribution >= 0.6 is 15.9 Å². The standard InChI is InChI=1S/C24H27BrN4O4S/c1-33-21-12-11-18(25)15-17(21)16-26-29(14-13-23(30)27-19-7-3-2-4-8-19)24-20-9-5-6-10-22(20)34(31,32)28-24/h5-6,9-12,15-16,19H,2-4,7-8,13-14H2,1H3,(H,27,30)/b26-16-. The van der Waals surface area contributed by atoms with Gasteiger partial charge in [0, 0.05) is 28.1 Å². The van der Waals surface area contributed by atoms with Crippen LogP contribution in [0.1, 0.15) is 49.7 Å². The number of benzene rings is 2. The molecule has 1 saturated carbocycles. The van der Waals surface area contributed by atoms with Crippen molar-refractivity contribution >= 4 is 43.9 Å². The Morgan fingerprint density at radius 3 is 2.76 bits per heavy atom. The number of hydrazone groups is 1. The topological polar surface area (TPSA) is 100 Å². The van der Waals surface area contributed by atoms with Crippen molar-refractivity contribution < 1.29 is 17.9 Å². The Morgan fingerprint density at radius 1 is 1.24 bits per heavy atom. The summed E-state index contributed by atoms with van der Waals surface area (Å²) in [4.78, 5) is 12.8. The van der Waals surface area contributed by atoms with E-state index in [0.29, 0.717) is 16.9 Å². The van der Waals surface area contributed by atoms with Gasteiger partial charge < -0.3 is 10.1 Å². The number of hydrogen-bond donors (Lipinski definition) is 1. The zero-order valence-electron chi connectivity index (χ0n) is 18.9. The molecule has 0 radical (unpaired) electrons. The molecule has 0 aromatic heterocycles. The molecular formula is C24H27BrN4O4S. The first-order valence-corrected chi connectivity index (χ1v) is 13.5. The number of carbonyl (C=O) groups excluding carboxylic acids is 1. The molecule has 34 heavy (non-hydrogen) atoms. The normalized spacial score (nSPS) is 17.3. The third-order valence-electron chi connectivity index (χ3n) is 5.91. The number of halogens is 1. The maximum Gasteiger partial charge on any atom is 0.285 e. The van der Waals surface area contributed by atoms with Crippen LogP contribution in [0.4, 0.5) is 0 Å². The van der Waals surface area contributed by atoms with Crippen LogP contribution in [-0.4, -0.2) is 51.1 Å². The monoisotopic (exact) mass is 546 g/mol. The Bertz CT molecular complexity index is 1220. The largest absolute Gasteiger partial charge is 0.496 e. The van der Waals surface area contributed by atoms with Gasteiger partial charge in [0.15, 0.2) is 5.84 Å². The highest BCUT2D eigenvalue weighted by molar-refractivity contribution is 9.10. The zero-order valence-corrected chi connectivity index (χ0v) is 21.3. The van der Waals surface area contributed by atoms with Crippen LogP contribution in [0.5, 0.6) is 5.75 Å². The van der Waals surface area contributed by atoms with Gasteiger partial charge in [-0.25, -0.2) is 5.01 Å². The number of rotatable bonds is 7. The number of sulfonamides is 1. The van der Waals surface area contributed by atoms with E-state index >= 15 is 0 Å². The molecule has 0 unspecified atom stereocenters. The van der Waals surface area contributed by atoms with E-state index in [2.05, 4.69) is 30.7 Å². The van der Waals surface area contributed by atoms with Crippen molar-refractivity contribution in [1.82, 2.24) is 10.3 Å². The summed E-state index contributed by atoms with van der Waals surface area (Å²) in [7, 11) is -2.26. The molecule has 0 saturated heterocycles. The maximum atomic E-state index is 12.6. The molecule has 1 amide bonds. The van der Waals surface area contributed by atoms with Crippen LogP contribution < -0.4 is 10.1 Å². The molecule has 1 aliphatic carbocycles. The first-order valence-electron chi connectivity index (χ1n) is 11.3. The van der Waals surface area contributed by atoms with E-state index < -0.39 is 10.0 Å². The van der Waals surface area contributed by atoms with Gasteiger partial charge >= 0.3 is 0 Å². The summed E-state index contributed by atoms with van der Waals surface area (Å²) in [5.41, 5.74) is 1.16. The molecule has 4 rings (SSSR count). The van der Waals surface area contributed by atoms with Crippen LogP contribution in [0, 0.1) is 0 Å². The van der Waals surface area contributed by atoms with E-state index in [1.54, 1.807) is 37.6 Å². The highest BCUT2D eigenvalue weighted by atomic mass is 79.9. The lowest BCUT2D eigenvalue weighted by molar-refractivity contribution is -0.122. The summed E-state index contributed by atoms with van der Waals surface area (Å²) < 4.78 is 35.5. The third-order valence-corrected chi connectivity index (χ3v) is 7.72. The lowest BCUT2D eigenvalue weighted by atomic mass is 9.95. The summed E-state index contributed by atoms with van der Waals surface area (Å²) in [6, 6.07) is 12.3. The summed E-state index contributed by atoms with van der Waals surface area (Å²) in [6.07, 6.45) is 7.19. The molecule has 0 bridgehead atoms. The number of amidine groups is 1. The molecule has 10 heteroatoms. The molecule has 1 aliphatic heterocycles. The highest BCUT2D eigenvalue weighted by Crippen LogP contribution is 2.28. The van der Waals surface area contributed by atoms with Crippen molar-refractivity contribution in [1.29, 1.82) is 0 Å². The Hall–Kier alpha value is -2.72. The van der Waals surface area contributed by atoms with Crippen LogP contribution in [0.2, 0.25) is 0 Å². The van der Waals surface area contributed by atoms with Gasteiger partial charge in [0.25, 0.3) is 10.0 Å². The summed E-state index contributed by atoms with van der Waals surface area (Å²) >= 11 is 3.45. The Labute approximate surface area is 208 Å². The van der Waals surface area contributed by atoms with Gasteiger partial charge in [0.2, 0.25) is 5.91 Å². The number of ether oxygens (including phenoxy) is 1. The molecule has 0 atom stereocenters. The van der Waals surface area contributed by atoms with Gasteiger partial charge in [0.05, 0.1) is 19.9 Å². The summed E-state index contributed by atoms with van der Waals surface area (Å²) in [5.74, 6) is 0.733. The van der Waals surface area contributed by atoms with E-state index in [0.717, 1.165) is 30.2 Å². The van der Waals surface area contributed by atoms with Crippen molar-refractivity contribution in [2.75, 3.05) is 13.7 Å². The fraction of sp³-hybridized carbons (Fsp3) is 0.375. The highest BCUT2D eigenvalue weighted by Gasteiger charge is 2.32. The minimum Gasteiger partial charge on any atom is -0.496 e. The lowest BCUT2D eigenvalue weighted by Crippen LogP contribution is -2.38. The van der Waals surface area contributed by atoms with Crippen LogP contribution in [0.3, 0.4) is 0 Å². The maximum absolute atomic E-state index is 12.6. The molecule has 1 N–H and O–H groups in total. The van der Waals surface area contributed by atoms with Gasteiger partial charge in [-0.3, -0.25) is 4.79 Å². The Morgan fingerprint density at radius 2 is 2.00 bits per heavy atom. The van der Waals surface area contributed by atoms with Crippen LogP contribution in [-0.2, 0) is 14.8 Å². The fourth-order valence-corrected chi connectivity index (χ4v) is 5.77. The molecule has 2 aliphatic rings. The molecule has 1 heterocycles. The first kappa shape index (κ1) is 24.4. The van der Waals surface area contributed by atoms with Crippen molar-refractivity contribution in [2.24, 2.45) is 9.50 Å². The Balaban J connectivity index is 1.59. The third kappa shape index (κ3) is 5.67. The van der Waals surface area contributed by atoms with Gasteiger partial charge in [-0.1, -0.05) is 47.3 Å². The van der Waals surface area contributed by atoms with E-state index in [1.807, 2.05) is 12.1 Å². The van der Waals surface area contributed by atoms with Gasteiger partial charge in [-0.2, -0.15) is 13.5 Å². The van der Waals surface area contributed by atoms with Crippen molar-refractivity contribution in [3.63, 3.8) is 0 Å². The molecule has 0 spiro atoms. The molecule has 2 aromatic rings. The van der Waals surface area contributed by atoms with Crippen molar-refractivity contribution in [3.05, 3.63) is 58.1 Å². The van der Waals surface area contributed by atoms with Crippen LogP contribution in [0.15, 0.2) is 61.3 Å². The number of nitrogens with zero attached hydrogens (tertiary/aromatic N) is 3. The molecule has 8 nitrogen and oxygen atoms in total. The second kappa shape index (κ2) is 10.7. The molecule has 180 valence electrons. The number of amides is 1. The van der Waals surface area contributed by atoms with Gasteiger partial charge in [-0.05, 0) is 43.2 Å². The smallest absolute Gasteiger partial charge is 0.285 e. The van der Waals surface area contributed by atoms with E-state index in [4.69, 9.17) is 4.74 Å². The van der Waals surface area contributed by atoms with Crippen molar-refractivity contribution in [3.8, 4) is 5.75 Å². The molecule has 1 fully saturated rings. The van der Waals surface area contributed by atoms with Crippen LogP contribution in [0.25, 0.3) is 0 Å². The SMILES string of the molecule is COc1ccc(Br)cc1/C=N\N(CCC(=O)NC1CCCCC1)C1=NS(=O)(=O)c2ccccc21. The fourth-order valence-electron chi connectivity index (χ4n) is 4.19. The number of carbonyl (C=O) groups is 1. The molecule has 2 aromatic carbocycles. The van der Waals surface area contributed by atoms with E-state index in [9.17, 15) is 13.2 Å². The number of hydrogen-bond acceptors (Lipinski definition) is 6. The average Bonchev–Trinajstić information content (AvgIpc) is 3.11. The second-order valence-electron chi connectivity index (χ2n) is 8.29. The predicted molar refractivity (Wildman–Crippen MR) is 135 cm³/mol. The van der Waals surface area contributed by atoms with E-state index in [-0.39, 0.29) is 35.6 Å². The number of methoxy groups -OCH3 is 1. The predicted octanol–water partition coefficient (Wildman–Crippen LogP) is 4.08. The zero-order chi connectivity index (χ0) is 24.1. The van der Waals surface area contributed by atoms with Gasteiger partial charge in [0.1, 0.15) is 10.6 Å². The minimum absolute atomic E-state index is 0.0816. The number of nitrogens with one attached hydrogen (secondary N) is 1. The van der Waals surface area contributed by atoms with Gasteiger partial charge in [-0.15, -0.1) is 4.40 Å². The lowest BCUT2D eigenvalue weighted by Gasteiger charge is -2.24. The second-order valence-corrected chi connectivity index (χ2v) is 10.8.